The number of nitrogens with zero attached hydrogens (tertiary/aromatic N) is 2. The second kappa shape index (κ2) is 3.37. The molecule has 1 rings (SSSR count). The summed E-state index contributed by atoms with van der Waals surface area (Å²) in [7, 11) is 0. The smallest absolute Gasteiger partial charge is 0.0658 e. The zero-order valence-electron chi connectivity index (χ0n) is 6.49. The predicted octanol–water partition coefficient (Wildman–Crippen LogP) is 1.47. The molecule has 0 aromatic carbocycles. The molecule has 1 aliphatic carbocycles. The molecule has 0 aromatic heterocycles. The molecule has 0 heterocycles. The molecule has 0 aliphatic heterocycles. The molecule has 0 radical (unpaired) electrons. The first-order valence-electron chi connectivity index (χ1n) is 3.69. The quantitative estimate of drug-likeness (QED) is 0.343. The standard InChI is InChI=1S/C7H12N2O2/c1-5(8-10)6-3-2-4-7(6)9-11/h6,10-11H,2-4H2,1H3/b8-5-,9-7-/t6-/m0/s1. The Morgan fingerprint density at radius 3 is 2.82 bits per heavy atom. The van der Waals surface area contributed by atoms with E-state index in [4.69, 9.17) is 10.4 Å². The van der Waals surface area contributed by atoms with Crippen molar-refractivity contribution in [2.24, 2.45) is 16.2 Å². The van der Waals surface area contributed by atoms with Gasteiger partial charge in [0.1, 0.15) is 0 Å². The van der Waals surface area contributed by atoms with Crippen molar-refractivity contribution in [3.63, 3.8) is 0 Å². The predicted molar refractivity (Wildman–Crippen MR) is 41.5 cm³/mol. The lowest BCUT2D eigenvalue weighted by atomic mass is 10.0. The van der Waals surface area contributed by atoms with E-state index in [1.54, 1.807) is 6.92 Å². The van der Waals surface area contributed by atoms with E-state index in [1.165, 1.54) is 0 Å². The fourth-order valence-electron chi connectivity index (χ4n) is 1.47. The minimum Gasteiger partial charge on any atom is -0.411 e. The van der Waals surface area contributed by atoms with Crippen LogP contribution in [0.2, 0.25) is 0 Å². The topological polar surface area (TPSA) is 65.2 Å². The van der Waals surface area contributed by atoms with Crippen molar-refractivity contribution < 1.29 is 10.4 Å². The van der Waals surface area contributed by atoms with Gasteiger partial charge in [-0.15, -0.1) is 0 Å². The van der Waals surface area contributed by atoms with Crippen LogP contribution in [0.1, 0.15) is 26.2 Å². The molecule has 0 unspecified atom stereocenters. The van der Waals surface area contributed by atoms with Crippen molar-refractivity contribution in [1.29, 1.82) is 0 Å². The Kier molecular flexibility index (Phi) is 2.46. The lowest BCUT2D eigenvalue weighted by molar-refractivity contribution is 0.312. The molecular formula is C7H12N2O2. The van der Waals surface area contributed by atoms with E-state index in [0.717, 1.165) is 25.0 Å². The average Bonchev–Trinajstić information content (AvgIpc) is 2.50. The summed E-state index contributed by atoms with van der Waals surface area (Å²) in [5.41, 5.74) is 1.37. The van der Waals surface area contributed by atoms with Crippen LogP contribution in [0.5, 0.6) is 0 Å². The summed E-state index contributed by atoms with van der Waals surface area (Å²) in [5.74, 6) is 0.0602. The maximum atomic E-state index is 8.53. The van der Waals surface area contributed by atoms with Gasteiger partial charge in [-0.3, -0.25) is 0 Å². The van der Waals surface area contributed by atoms with E-state index in [9.17, 15) is 0 Å². The van der Waals surface area contributed by atoms with Gasteiger partial charge in [-0.1, -0.05) is 10.3 Å². The monoisotopic (exact) mass is 156 g/mol. The Balaban J connectivity index is 2.72. The molecule has 4 nitrogen and oxygen atoms in total. The second-order valence-corrected chi connectivity index (χ2v) is 2.78. The maximum absolute atomic E-state index is 8.53. The van der Waals surface area contributed by atoms with Gasteiger partial charge in [0.05, 0.1) is 11.4 Å². The molecule has 0 bridgehead atoms. The Morgan fingerprint density at radius 2 is 2.27 bits per heavy atom. The summed E-state index contributed by atoms with van der Waals surface area (Å²) < 4.78 is 0. The van der Waals surface area contributed by atoms with Crippen molar-refractivity contribution in [3.05, 3.63) is 0 Å². The van der Waals surface area contributed by atoms with Crippen LogP contribution in [0, 0.1) is 5.92 Å². The lowest BCUT2D eigenvalue weighted by Gasteiger charge is -2.05. The molecule has 62 valence electrons. The summed E-state index contributed by atoms with van der Waals surface area (Å²) in [5, 5.41) is 23.2. The average molecular weight is 156 g/mol. The zero-order valence-corrected chi connectivity index (χ0v) is 6.49. The van der Waals surface area contributed by atoms with Crippen LogP contribution in [0.15, 0.2) is 10.3 Å². The van der Waals surface area contributed by atoms with Crippen molar-refractivity contribution >= 4 is 11.4 Å². The summed E-state index contributed by atoms with van der Waals surface area (Å²) in [6, 6.07) is 0. The van der Waals surface area contributed by atoms with Gasteiger partial charge in [0, 0.05) is 5.92 Å². The molecular weight excluding hydrogens is 144 g/mol. The van der Waals surface area contributed by atoms with Gasteiger partial charge in [0.15, 0.2) is 0 Å². The van der Waals surface area contributed by atoms with Gasteiger partial charge >= 0.3 is 0 Å². The number of hydrogen-bond donors (Lipinski definition) is 2. The van der Waals surface area contributed by atoms with Gasteiger partial charge in [-0.05, 0) is 26.2 Å². The fraction of sp³-hybridized carbons (Fsp3) is 0.714. The minimum atomic E-state index is 0.0602. The summed E-state index contributed by atoms with van der Waals surface area (Å²) in [4.78, 5) is 0. The van der Waals surface area contributed by atoms with Gasteiger partial charge < -0.3 is 10.4 Å². The van der Waals surface area contributed by atoms with Crippen molar-refractivity contribution in [2.45, 2.75) is 26.2 Å². The van der Waals surface area contributed by atoms with Crippen LogP contribution in [0.25, 0.3) is 0 Å². The van der Waals surface area contributed by atoms with E-state index in [0.29, 0.717) is 5.71 Å². The van der Waals surface area contributed by atoms with Gasteiger partial charge in [0.2, 0.25) is 0 Å². The third-order valence-corrected chi connectivity index (χ3v) is 2.12. The highest BCUT2D eigenvalue weighted by molar-refractivity contribution is 6.07. The first-order valence-corrected chi connectivity index (χ1v) is 3.69. The van der Waals surface area contributed by atoms with Crippen LogP contribution < -0.4 is 0 Å². The Morgan fingerprint density at radius 1 is 1.55 bits per heavy atom. The first kappa shape index (κ1) is 8.04. The largest absolute Gasteiger partial charge is 0.411 e. The van der Waals surface area contributed by atoms with E-state index < -0.39 is 0 Å². The maximum Gasteiger partial charge on any atom is 0.0658 e. The molecule has 1 fully saturated rings. The van der Waals surface area contributed by atoms with Crippen LogP contribution in [-0.4, -0.2) is 21.8 Å². The third kappa shape index (κ3) is 1.50. The highest BCUT2D eigenvalue weighted by Gasteiger charge is 2.25. The Bertz CT molecular complexity index is 199. The second-order valence-electron chi connectivity index (χ2n) is 2.78. The highest BCUT2D eigenvalue weighted by atomic mass is 16.4. The number of oxime groups is 2. The summed E-state index contributed by atoms with van der Waals surface area (Å²) >= 11 is 0. The van der Waals surface area contributed by atoms with Crippen LogP contribution in [0.4, 0.5) is 0 Å². The molecule has 11 heavy (non-hydrogen) atoms. The summed E-state index contributed by atoms with van der Waals surface area (Å²) in [6.45, 7) is 1.74. The molecule has 1 atom stereocenters. The Hall–Kier alpha value is -1.06. The van der Waals surface area contributed by atoms with Gasteiger partial charge in [-0.25, -0.2) is 0 Å². The molecule has 1 saturated carbocycles. The van der Waals surface area contributed by atoms with Crippen molar-refractivity contribution in [2.75, 3.05) is 0 Å². The van der Waals surface area contributed by atoms with Crippen LogP contribution in [0.3, 0.4) is 0 Å². The van der Waals surface area contributed by atoms with E-state index >= 15 is 0 Å². The van der Waals surface area contributed by atoms with Crippen LogP contribution in [-0.2, 0) is 0 Å². The third-order valence-electron chi connectivity index (χ3n) is 2.12. The molecule has 1 aliphatic rings. The van der Waals surface area contributed by atoms with E-state index in [-0.39, 0.29) is 5.92 Å². The molecule has 0 aromatic rings. The van der Waals surface area contributed by atoms with Crippen molar-refractivity contribution in [1.82, 2.24) is 0 Å². The Labute approximate surface area is 65.2 Å². The number of rotatable bonds is 1. The number of hydrogen-bond acceptors (Lipinski definition) is 4. The highest BCUT2D eigenvalue weighted by Crippen LogP contribution is 2.23. The van der Waals surface area contributed by atoms with E-state index in [2.05, 4.69) is 10.3 Å². The molecule has 2 N–H and O–H groups in total. The van der Waals surface area contributed by atoms with Gasteiger partial charge in [0.25, 0.3) is 0 Å². The summed E-state index contributed by atoms with van der Waals surface area (Å²) in [6.07, 6.45) is 2.75. The lowest BCUT2D eigenvalue weighted by Crippen LogP contribution is -2.15. The fourth-order valence-corrected chi connectivity index (χ4v) is 1.47. The molecule has 0 saturated heterocycles. The normalized spacial score (nSPS) is 29.7. The SMILES string of the molecule is C/C(=N/O)[C@@H]1CCC/C1=N/O. The van der Waals surface area contributed by atoms with Crippen molar-refractivity contribution in [3.8, 4) is 0 Å². The van der Waals surface area contributed by atoms with Crippen LogP contribution >= 0.6 is 0 Å². The minimum absolute atomic E-state index is 0.0602. The van der Waals surface area contributed by atoms with E-state index in [1.807, 2.05) is 0 Å². The zero-order chi connectivity index (χ0) is 8.27. The van der Waals surface area contributed by atoms with Gasteiger partial charge in [-0.2, -0.15) is 0 Å². The molecule has 4 heteroatoms. The first-order chi connectivity index (χ1) is 5.29. The molecule has 0 spiro atoms. The molecule has 0 amide bonds.